The van der Waals surface area contributed by atoms with Crippen LogP contribution < -0.4 is 10.5 Å². The molecular formula is C13H15N5OS. The van der Waals surface area contributed by atoms with Gasteiger partial charge in [0.15, 0.2) is 11.5 Å². The molecule has 0 fully saturated rings. The van der Waals surface area contributed by atoms with Crippen LogP contribution in [0.3, 0.4) is 0 Å². The van der Waals surface area contributed by atoms with Crippen molar-refractivity contribution >= 4 is 22.5 Å². The Bertz CT molecular complexity index is 748. The SMILES string of the molecule is CCOc1ccc2[nH]c(-c3sc(CN)nc3C)nc2n1. The van der Waals surface area contributed by atoms with Crippen LogP contribution in [0.5, 0.6) is 5.88 Å². The van der Waals surface area contributed by atoms with Crippen molar-refractivity contribution in [1.29, 1.82) is 0 Å². The Hall–Kier alpha value is -1.99. The number of hydrogen-bond acceptors (Lipinski definition) is 6. The van der Waals surface area contributed by atoms with Crippen molar-refractivity contribution in [1.82, 2.24) is 19.9 Å². The fourth-order valence-electron chi connectivity index (χ4n) is 1.97. The first-order valence-corrected chi connectivity index (χ1v) is 7.19. The summed E-state index contributed by atoms with van der Waals surface area (Å²) in [5, 5.41) is 0.904. The Morgan fingerprint density at radius 3 is 2.85 bits per heavy atom. The van der Waals surface area contributed by atoms with Crippen molar-refractivity contribution in [3.8, 4) is 16.6 Å². The van der Waals surface area contributed by atoms with Gasteiger partial charge in [-0.2, -0.15) is 4.98 Å². The average molecular weight is 289 g/mol. The molecule has 0 aromatic carbocycles. The molecule has 0 atom stereocenters. The minimum Gasteiger partial charge on any atom is -0.478 e. The normalized spacial score (nSPS) is 11.2. The topological polar surface area (TPSA) is 89.7 Å². The number of H-pyrrole nitrogens is 1. The lowest BCUT2D eigenvalue weighted by Gasteiger charge is -1.99. The van der Waals surface area contributed by atoms with E-state index in [0.717, 1.165) is 26.9 Å². The lowest BCUT2D eigenvalue weighted by atomic mass is 10.4. The number of aryl methyl sites for hydroxylation is 1. The van der Waals surface area contributed by atoms with Crippen LogP contribution in [0.2, 0.25) is 0 Å². The van der Waals surface area contributed by atoms with Crippen LogP contribution in [0, 0.1) is 6.92 Å². The van der Waals surface area contributed by atoms with Gasteiger partial charge in [-0.25, -0.2) is 9.97 Å². The van der Waals surface area contributed by atoms with Crippen LogP contribution >= 0.6 is 11.3 Å². The predicted octanol–water partition coefficient (Wildman–Crippen LogP) is 2.25. The van der Waals surface area contributed by atoms with Gasteiger partial charge in [-0.05, 0) is 19.9 Å². The number of aromatic amines is 1. The highest BCUT2D eigenvalue weighted by Crippen LogP contribution is 2.29. The van der Waals surface area contributed by atoms with Gasteiger partial charge in [0.1, 0.15) is 5.01 Å². The van der Waals surface area contributed by atoms with Crippen molar-refractivity contribution in [3.05, 3.63) is 22.8 Å². The second kappa shape index (κ2) is 5.18. The molecule has 0 aliphatic carbocycles. The second-order valence-electron chi connectivity index (χ2n) is 4.27. The summed E-state index contributed by atoms with van der Waals surface area (Å²) in [6, 6.07) is 3.75. The fraction of sp³-hybridized carbons (Fsp3) is 0.308. The van der Waals surface area contributed by atoms with Gasteiger partial charge >= 0.3 is 0 Å². The van der Waals surface area contributed by atoms with E-state index < -0.39 is 0 Å². The maximum absolute atomic E-state index is 5.63. The molecule has 104 valence electrons. The number of pyridine rings is 1. The third-order valence-electron chi connectivity index (χ3n) is 2.84. The Balaban J connectivity index is 2.05. The molecule has 3 N–H and O–H groups in total. The zero-order valence-corrected chi connectivity index (χ0v) is 12.1. The highest BCUT2D eigenvalue weighted by atomic mass is 32.1. The zero-order chi connectivity index (χ0) is 14.1. The van der Waals surface area contributed by atoms with E-state index >= 15 is 0 Å². The summed E-state index contributed by atoms with van der Waals surface area (Å²) < 4.78 is 5.38. The Morgan fingerprint density at radius 1 is 1.30 bits per heavy atom. The number of nitrogens with zero attached hydrogens (tertiary/aromatic N) is 3. The zero-order valence-electron chi connectivity index (χ0n) is 11.3. The van der Waals surface area contributed by atoms with Crippen molar-refractivity contribution in [3.63, 3.8) is 0 Å². The van der Waals surface area contributed by atoms with E-state index in [4.69, 9.17) is 10.5 Å². The number of hydrogen-bond donors (Lipinski definition) is 2. The van der Waals surface area contributed by atoms with E-state index in [9.17, 15) is 0 Å². The maximum Gasteiger partial charge on any atom is 0.215 e. The average Bonchev–Trinajstić information content (AvgIpc) is 3.01. The van der Waals surface area contributed by atoms with Gasteiger partial charge in [0, 0.05) is 12.6 Å². The van der Waals surface area contributed by atoms with Crippen LogP contribution in [0.1, 0.15) is 17.6 Å². The number of aromatic nitrogens is 4. The van der Waals surface area contributed by atoms with Crippen molar-refractivity contribution in [2.75, 3.05) is 6.61 Å². The molecular weight excluding hydrogens is 274 g/mol. The fourth-order valence-corrected chi connectivity index (χ4v) is 2.86. The molecule has 0 unspecified atom stereocenters. The summed E-state index contributed by atoms with van der Waals surface area (Å²) in [5.41, 5.74) is 8.08. The molecule has 0 saturated heterocycles. The van der Waals surface area contributed by atoms with E-state index in [1.54, 1.807) is 11.3 Å². The monoisotopic (exact) mass is 289 g/mol. The first kappa shape index (κ1) is 13.0. The standard InChI is InChI=1S/C13H15N5OS/c1-3-19-9-5-4-8-12(17-9)18-13(16-8)11-7(2)15-10(6-14)20-11/h4-5H,3,6,14H2,1-2H3,(H,16,17,18). The van der Waals surface area contributed by atoms with Crippen LogP contribution in [0.15, 0.2) is 12.1 Å². The number of fused-ring (bicyclic) bond motifs is 1. The molecule has 0 radical (unpaired) electrons. The Morgan fingerprint density at radius 2 is 2.15 bits per heavy atom. The summed E-state index contributed by atoms with van der Waals surface area (Å²) in [6.45, 7) is 4.91. The Kier molecular flexibility index (Phi) is 3.37. The van der Waals surface area contributed by atoms with Crippen molar-refractivity contribution in [2.45, 2.75) is 20.4 Å². The van der Waals surface area contributed by atoms with E-state index in [1.807, 2.05) is 26.0 Å². The summed E-state index contributed by atoms with van der Waals surface area (Å²) in [6.07, 6.45) is 0. The van der Waals surface area contributed by atoms with E-state index in [0.29, 0.717) is 24.7 Å². The second-order valence-corrected chi connectivity index (χ2v) is 5.35. The highest BCUT2D eigenvalue weighted by molar-refractivity contribution is 7.15. The third-order valence-corrected chi connectivity index (χ3v) is 4.03. The predicted molar refractivity (Wildman–Crippen MR) is 78.8 cm³/mol. The van der Waals surface area contributed by atoms with Gasteiger partial charge in [0.2, 0.25) is 5.88 Å². The van der Waals surface area contributed by atoms with Gasteiger partial charge in [-0.1, -0.05) is 0 Å². The molecule has 0 aliphatic heterocycles. The molecule has 3 rings (SSSR count). The highest BCUT2D eigenvalue weighted by Gasteiger charge is 2.14. The van der Waals surface area contributed by atoms with Crippen LogP contribution in [0.25, 0.3) is 21.9 Å². The quantitative estimate of drug-likeness (QED) is 0.769. The van der Waals surface area contributed by atoms with Crippen LogP contribution in [0.4, 0.5) is 0 Å². The molecule has 7 heteroatoms. The van der Waals surface area contributed by atoms with Crippen molar-refractivity contribution < 1.29 is 4.74 Å². The number of rotatable bonds is 4. The third kappa shape index (κ3) is 2.25. The van der Waals surface area contributed by atoms with Crippen LogP contribution in [-0.4, -0.2) is 26.5 Å². The number of ether oxygens (including phenoxy) is 1. The number of nitrogens with one attached hydrogen (secondary N) is 1. The molecule has 0 spiro atoms. The lowest BCUT2D eigenvalue weighted by Crippen LogP contribution is -1.94. The summed E-state index contributed by atoms with van der Waals surface area (Å²) in [5.74, 6) is 1.36. The molecule has 3 aromatic heterocycles. The molecule has 6 nitrogen and oxygen atoms in total. The summed E-state index contributed by atoms with van der Waals surface area (Å²) in [7, 11) is 0. The minimum absolute atomic E-state index is 0.443. The van der Waals surface area contributed by atoms with E-state index in [2.05, 4.69) is 19.9 Å². The van der Waals surface area contributed by atoms with Crippen LogP contribution in [-0.2, 0) is 6.54 Å². The van der Waals surface area contributed by atoms with Gasteiger partial charge < -0.3 is 15.5 Å². The number of nitrogens with two attached hydrogens (primary N) is 1. The van der Waals surface area contributed by atoms with E-state index in [-0.39, 0.29) is 0 Å². The first-order chi connectivity index (χ1) is 9.71. The number of imidazole rings is 1. The van der Waals surface area contributed by atoms with Gasteiger partial charge in [-0.3, -0.25) is 0 Å². The van der Waals surface area contributed by atoms with E-state index in [1.165, 1.54) is 0 Å². The molecule has 0 aliphatic rings. The molecule has 0 saturated carbocycles. The summed E-state index contributed by atoms with van der Waals surface area (Å²) in [4.78, 5) is 17.6. The largest absolute Gasteiger partial charge is 0.478 e. The van der Waals surface area contributed by atoms with Gasteiger partial charge in [0.05, 0.1) is 22.7 Å². The molecule has 0 bridgehead atoms. The molecule has 3 aromatic rings. The molecule has 0 amide bonds. The Labute approximate surface area is 120 Å². The van der Waals surface area contributed by atoms with Gasteiger partial charge in [0.25, 0.3) is 0 Å². The molecule has 20 heavy (non-hydrogen) atoms. The molecule has 3 heterocycles. The lowest BCUT2D eigenvalue weighted by molar-refractivity contribution is 0.328. The number of thiazole rings is 1. The summed E-state index contributed by atoms with van der Waals surface area (Å²) >= 11 is 1.55. The smallest absolute Gasteiger partial charge is 0.215 e. The van der Waals surface area contributed by atoms with Gasteiger partial charge in [-0.15, -0.1) is 11.3 Å². The first-order valence-electron chi connectivity index (χ1n) is 6.37. The van der Waals surface area contributed by atoms with Crippen molar-refractivity contribution in [2.24, 2.45) is 5.73 Å². The maximum atomic E-state index is 5.63. The minimum atomic E-state index is 0.443.